The van der Waals surface area contributed by atoms with Crippen LogP contribution in [0.2, 0.25) is 0 Å². The summed E-state index contributed by atoms with van der Waals surface area (Å²) in [5.41, 5.74) is 3.78. The standard InChI is InChI=1S/C29H45N3O/c1-5-7-18-31(19-8-6-2)28-17-20-32(22-28)27-13-11-26(12-14-27)30-21-25-9-15-29(16-10-25)33-23-24(3)4/h9-16,24,28,30H,5-8,17-23H2,1-4H3. The van der Waals surface area contributed by atoms with E-state index in [0.717, 1.165) is 32.0 Å². The van der Waals surface area contributed by atoms with Gasteiger partial charge in [-0.1, -0.05) is 52.7 Å². The van der Waals surface area contributed by atoms with Crippen LogP contribution < -0.4 is 15.0 Å². The van der Waals surface area contributed by atoms with Gasteiger partial charge in [0, 0.05) is 37.1 Å². The van der Waals surface area contributed by atoms with E-state index in [1.807, 2.05) is 0 Å². The zero-order valence-electron chi connectivity index (χ0n) is 21.4. The number of benzene rings is 2. The number of nitrogens with zero attached hydrogens (tertiary/aromatic N) is 2. The number of rotatable bonds is 14. The molecule has 0 bridgehead atoms. The van der Waals surface area contributed by atoms with Crippen LogP contribution in [0.15, 0.2) is 48.5 Å². The monoisotopic (exact) mass is 451 g/mol. The van der Waals surface area contributed by atoms with Gasteiger partial charge in [0.2, 0.25) is 0 Å². The average molecular weight is 452 g/mol. The summed E-state index contributed by atoms with van der Waals surface area (Å²) < 4.78 is 5.78. The Morgan fingerprint density at radius 3 is 2.24 bits per heavy atom. The minimum absolute atomic E-state index is 0.543. The highest BCUT2D eigenvalue weighted by atomic mass is 16.5. The lowest BCUT2D eigenvalue weighted by atomic mass is 10.1. The van der Waals surface area contributed by atoms with Crippen LogP contribution in [0.4, 0.5) is 11.4 Å². The first-order chi connectivity index (χ1) is 16.1. The Morgan fingerprint density at radius 1 is 0.970 bits per heavy atom. The molecule has 3 rings (SSSR count). The molecule has 1 aliphatic rings. The van der Waals surface area contributed by atoms with E-state index < -0.39 is 0 Å². The fourth-order valence-corrected chi connectivity index (χ4v) is 4.43. The number of hydrogen-bond acceptors (Lipinski definition) is 4. The second-order valence-corrected chi connectivity index (χ2v) is 9.88. The van der Waals surface area contributed by atoms with Gasteiger partial charge in [-0.25, -0.2) is 0 Å². The number of nitrogens with one attached hydrogen (secondary N) is 1. The van der Waals surface area contributed by atoms with Crippen LogP contribution >= 0.6 is 0 Å². The summed E-state index contributed by atoms with van der Waals surface area (Å²) in [6, 6.07) is 18.1. The molecule has 1 fully saturated rings. The maximum Gasteiger partial charge on any atom is 0.119 e. The molecule has 4 heteroatoms. The van der Waals surface area contributed by atoms with Crippen molar-refractivity contribution in [3.05, 3.63) is 54.1 Å². The van der Waals surface area contributed by atoms with E-state index in [-0.39, 0.29) is 0 Å². The second kappa shape index (κ2) is 13.5. The van der Waals surface area contributed by atoms with Crippen LogP contribution in [0, 0.1) is 5.92 Å². The molecule has 2 aromatic rings. The fraction of sp³-hybridized carbons (Fsp3) is 0.586. The van der Waals surface area contributed by atoms with Gasteiger partial charge < -0.3 is 15.0 Å². The van der Waals surface area contributed by atoms with Crippen molar-refractivity contribution in [2.75, 3.05) is 43.0 Å². The molecule has 1 aliphatic heterocycles. The van der Waals surface area contributed by atoms with E-state index in [9.17, 15) is 0 Å². The first-order valence-electron chi connectivity index (χ1n) is 13.1. The van der Waals surface area contributed by atoms with E-state index in [1.165, 1.54) is 62.1 Å². The topological polar surface area (TPSA) is 27.7 Å². The predicted molar refractivity (Wildman–Crippen MR) is 143 cm³/mol. The summed E-state index contributed by atoms with van der Waals surface area (Å²) in [4.78, 5) is 5.32. The van der Waals surface area contributed by atoms with Crippen molar-refractivity contribution in [1.82, 2.24) is 4.90 Å². The van der Waals surface area contributed by atoms with E-state index in [0.29, 0.717) is 12.0 Å². The Bertz CT molecular complexity index is 780. The minimum Gasteiger partial charge on any atom is -0.493 e. The normalized spacial score (nSPS) is 16.1. The van der Waals surface area contributed by atoms with Crippen molar-refractivity contribution >= 4 is 11.4 Å². The predicted octanol–water partition coefficient (Wildman–Crippen LogP) is 6.81. The molecule has 0 spiro atoms. The Labute approximate surface area is 202 Å². The van der Waals surface area contributed by atoms with Crippen molar-refractivity contribution in [3.63, 3.8) is 0 Å². The highest BCUT2D eigenvalue weighted by Gasteiger charge is 2.27. The maximum atomic E-state index is 5.78. The Balaban J connectivity index is 1.48. The number of anilines is 2. The smallest absolute Gasteiger partial charge is 0.119 e. The Kier molecular flexibility index (Phi) is 10.4. The number of ether oxygens (including phenoxy) is 1. The lowest BCUT2D eigenvalue weighted by Crippen LogP contribution is -2.39. The molecule has 1 unspecified atom stereocenters. The molecule has 182 valence electrons. The van der Waals surface area contributed by atoms with E-state index in [1.54, 1.807) is 0 Å². The highest BCUT2D eigenvalue weighted by Crippen LogP contribution is 2.25. The second-order valence-electron chi connectivity index (χ2n) is 9.88. The fourth-order valence-electron chi connectivity index (χ4n) is 4.43. The SMILES string of the molecule is CCCCN(CCCC)C1CCN(c2ccc(NCc3ccc(OCC(C)C)cc3)cc2)C1. The van der Waals surface area contributed by atoms with Crippen LogP contribution in [0.25, 0.3) is 0 Å². The lowest BCUT2D eigenvalue weighted by Gasteiger charge is -2.29. The molecule has 4 nitrogen and oxygen atoms in total. The van der Waals surface area contributed by atoms with Crippen molar-refractivity contribution in [3.8, 4) is 5.75 Å². The maximum absolute atomic E-state index is 5.78. The third-order valence-electron chi connectivity index (χ3n) is 6.51. The van der Waals surface area contributed by atoms with Gasteiger partial charge in [0.05, 0.1) is 6.61 Å². The largest absolute Gasteiger partial charge is 0.493 e. The Morgan fingerprint density at radius 2 is 1.64 bits per heavy atom. The summed E-state index contributed by atoms with van der Waals surface area (Å²) in [5.74, 6) is 1.49. The number of unbranched alkanes of at least 4 members (excludes halogenated alkanes) is 2. The van der Waals surface area contributed by atoms with Gasteiger partial charge in [0.25, 0.3) is 0 Å². The molecule has 1 N–H and O–H groups in total. The van der Waals surface area contributed by atoms with Crippen LogP contribution in [0.1, 0.15) is 65.4 Å². The van der Waals surface area contributed by atoms with Gasteiger partial charge in [-0.2, -0.15) is 0 Å². The van der Waals surface area contributed by atoms with Gasteiger partial charge in [0.15, 0.2) is 0 Å². The van der Waals surface area contributed by atoms with E-state index in [2.05, 4.69) is 91.3 Å². The van der Waals surface area contributed by atoms with Crippen molar-refractivity contribution in [2.45, 2.75) is 72.4 Å². The van der Waals surface area contributed by atoms with Gasteiger partial charge >= 0.3 is 0 Å². The molecule has 0 radical (unpaired) electrons. The number of hydrogen-bond donors (Lipinski definition) is 1. The van der Waals surface area contributed by atoms with E-state index >= 15 is 0 Å². The third kappa shape index (κ3) is 8.26. The van der Waals surface area contributed by atoms with Gasteiger partial charge in [0.1, 0.15) is 5.75 Å². The minimum atomic E-state index is 0.543. The van der Waals surface area contributed by atoms with Gasteiger partial charge in [-0.3, -0.25) is 4.90 Å². The first-order valence-corrected chi connectivity index (χ1v) is 13.1. The molecule has 0 amide bonds. The van der Waals surface area contributed by atoms with Crippen LogP contribution in [0.5, 0.6) is 5.75 Å². The van der Waals surface area contributed by atoms with Crippen LogP contribution in [-0.2, 0) is 6.54 Å². The summed E-state index contributed by atoms with van der Waals surface area (Å²) >= 11 is 0. The van der Waals surface area contributed by atoms with Crippen molar-refractivity contribution in [2.24, 2.45) is 5.92 Å². The van der Waals surface area contributed by atoms with Gasteiger partial charge in [-0.15, -0.1) is 0 Å². The van der Waals surface area contributed by atoms with Crippen molar-refractivity contribution < 1.29 is 4.74 Å². The lowest BCUT2D eigenvalue weighted by molar-refractivity contribution is 0.203. The first kappa shape index (κ1) is 25.4. The average Bonchev–Trinajstić information content (AvgIpc) is 3.32. The molecule has 33 heavy (non-hydrogen) atoms. The zero-order valence-corrected chi connectivity index (χ0v) is 21.4. The molecule has 0 saturated carbocycles. The summed E-state index contributed by atoms with van der Waals surface area (Å²) in [6.07, 6.45) is 6.47. The molecule has 0 aromatic heterocycles. The molecule has 0 aliphatic carbocycles. The molecular weight excluding hydrogens is 406 g/mol. The third-order valence-corrected chi connectivity index (χ3v) is 6.51. The summed E-state index contributed by atoms with van der Waals surface area (Å²) in [6.45, 7) is 15.3. The molecule has 2 aromatic carbocycles. The van der Waals surface area contributed by atoms with Crippen molar-refractivity contribution in [1.29, 1.82) is 0 Å². The molecular formula is C29H45N3O. The van der Waals surface area contributed by atoms with Gasteiger partial charge in [-0.05, 0) is 80.2 Å². The quantitative estimate of drug-likeness (QED) is 0.341. The highest BCUT2D eigenvalue weighted by molar-refractivity contribution is 5.56. The van der Waals surface area contributed by atoms with Crippen LogP contribution in [0.3, 0.4) is 0 Å². The van der Waals surface area contributed by atoms with E-state index in [4.69, 9.17) is 4.74 Å². The summed E-state index contributed by atoms with van der Waals surface area (Å²) in [7, 11) is 0. The molecule has 1 atom stereocenters. The molecule has 1 heterocycles. The molecule has 1 saturated heterocycles. The Hall–Kier alpha value is -2.20. The zero-order chi connectivity index (χ0) is 23.5. The van der Waals surface area contributed by atoms with Crippen LogP contribution in [-0.4, -0.2) is 43.7 Å². The summed E-state index contributed by atoms with van der Waals surface area (Å²) in [5, 5.41) is 3.55.